The first-order valence-corrected chi connectivity index (χ1v) is 4.56. The Bertz CT molecular complexity index is 227. The molecule has 0 heterocycles. The first kappa shape index (κ1) is 12.7. The summed E-state index contributed by atoms with van der Waals surface area (Å²) in [6.45, 7) is 7.11. The quantitative estimate of drug-likeness (QED) is 0.509. The molecule has 0 aliphatic carbocycles. The summed E-state index contributed by atoms with van der Waals surface area (Å²) in [5, 5.41) is 0. The molecule has 0 atom stereocenters. The van der Waals surface area contributed by atoms with E-state index in [1.807, 2.05) is 0 Å². The van der Waals surface area contributed by atoms with Gasteiger partial charge < -0.3 is 9.47 Å². The Hall–Kier alpha value is -1.32. The summed E-state index contributed by atoms with van der Waals surface area (Å²) in [4.78, 5) is 22.4. The summed E-state index contributed by atoms with van der Waals surface area (Å²) in [7, 11) is 0. The van der Waals surface area contributed by atoms with Crippen LogP contribution in [0, 0.1) is 0 Å². The number of carbonyl (C=O) groups excluding carboxylic acids is 2. The third-order valence-electron chi connectivity index (χ3n) is 1.73. The van der Waals surface area contributed by atoms with Crippen molar-refractivity contribution in [1.29, 1.82) is 0 Å². The Balaban J connectivity index is 4.57. The van der Waals surface area contributed by atoms with E-state index in [0.717, 1.165) is 0 Å². The molecule has 0 aromatic heterocycles. The Kier molecular flexibility index (Phi) is 5.60. The standard InChI is InChI=1S/C10H16O4/c1-5-13-9(11)7(3)8(4)10(12)14-6-2/h5-6H2,1-4H3/b8-7+. The predicted molar refractivity (Wildman–Crippen MR) is 51.6 cm³/mol. The molecular formula is C10H16O4. The maximum Gasteiger partial charge on any atom is 0.334 e. The van der Waals surface area contributed by atoms with Crippen molar-refractivity contribution in [2.24, 2.45) is 0 Å². The molecule has 0 aliphatic heterocycles. The van der Waals surface area contributed by atoms with Crippen molar-refractivity contribution >= 4 is 11.9 Å². The molecule has 0 unspecified atom stereocenters. The molecular weight excluding hydrogens is 184 g/mol. The molecule has 0 spiro atoms. The van der Waals surface area contributed by atoms with Crippen LogP contribution in [0.2, 0.25) is 0 Å². The molecule has 0 aliphatic rings. The van der Waals surface area contributed by atoms with E-state index in [2.05, 4.69) is 0 Å². The van der Waals surface area contributed by atoms with Crippen LogP contribution < -0.4 is 0 Å². The predicted octanol–water partition coefficient (Wildman–Crippen LogP) is 1.45. The SMILES string of the molecule is CCOC(=O)/C(C)=C(\C)C(=O)OCC. The fourth-order valence-corrected chi connectivity index (χ4v) is 0.785. The van der Waals surface area contributed by atoms with E-state index in [-0.39, 0.29) is 0 Å². The highest BCUT2D eigenvalue weighted by Crippen LogP contribution is 2.07. The van der Waals surface area contributed by atoms with Gasteiger partial charge in [-0.1, -0.05) is 0 Å². The zero-order chi connectivity index (χ0) is 11.1. The van der Waals surface area contributed by atoms with Crippen LogP contribution in [-0.2, 0) is 19.1 Å². The molecule has 0 saturated heterocycles. The van der Waals surface area contributed by atoms with Crippen molar-refractivity contribution in [3.05, 3.63) is 11.1 Å². The molecule has 0 rings (SSSR count). The third kappa shape index (κ3) is 3.60. The Morgan fingerprint density at radius 2 is 1.14 bits per heavy atom. The van der Waals surface area contributed by atoms with Crippen LogP contribution in [0.5, 0.6) is 0 Å². The average Bonchev–Trinajstić information content (AvgIpc) is 2.16. The minimum Gasteiger partial charge on any atom is -0.463 e. The molecule has 14 heavy (non-hydrogen) atoms. The van der Waals surface area contributed by atoms with Crippen molar-refractivity contribution in [3.63, 3.8) is 0 Å². The van der Waals surface area contributed by atoms with Crippen LogP contribution in [0.4, 0.5) is 0 Å². The van der Waals surface area contributed by atoms with Crippen LogP contribution in [0.1, 0.15) is 27.7 Å². The number of hydrogen-bond acceptors (Lipinski definition) is 4. The van der Waals surface area contributed by atoms with Gasteiger partial charge in [0, 0.05) is 11.1 Å². The number of hydrogen-bond donors (Lipinski definition) is 0. The fourth-order valence-electron chi connectivity index (χ4n) is 0.785. The van der Waals surface area contributed by atoms with Crippen molar-refractivity contribution in [3.8, 4) is 0 Å². The van der Waals surface area contributed by atoms with Gasteiger partial charge in [-0.2, -0.15) is 0 Å². The van der Waals surface area contributed by atoms with E-state index in [9.17, 15) is 9.59 Å². The maximum atomic E-state index is 11.2. The lowest BCUT2D eigenvalue weighted by molar-refractivity contribution is -0.141. The topological polar surface area (TPSA) is 52.6 Å². The fraction of sp³-hybridized carbons (Fsp3) is 0.600. The summed E-state index contributed by atoms with van der Waals surface area (Å²) >= 11 is 0. The van der Waals surface area contributed by atoms with E-state index in [0.29, 0.717) is 24.4 Å². The lowest BCUT2D eigenvalue weighted by Gasteiger charge is -2.06. The molecule has 0 bridgehead atoms. The van der Waals surface area contributed by atoms with Crippen LogP contribution in [0.25, 0.3) is 0 Å². The molecule has 0 fully saturated rings. The van der Waals surface area contributed by atoms with Gasteiger partial charge in [0.1, 0.15) is 0 Å². The van der Waals surface area contributed by atoms with E-state index in [4.69, 9.17) is 9.47 Å². The third-order valence-corrected chi connectivity index (χ3v) is 1.73. The van der Waals surface area contributed by atoms with E-state index >= 15 is 0 Å². The normalized spacial score (nSPS) is 11.7. The molecule has 0 saturated carbocycles. The first-order chi connectivity index (χ1) is 6.54. The number of esters is 2. The van der Waals surface area contributed by atoms with Crippen LogP contribution in [0.3, 0.4) is 0 Å². The summed E-state index contributed by atoms with van der Waals surface area (Å²) < 4.78 is 9.50. The van der Waals surface area contributed by atoms with Gasteiger partial charge in [0.25, 0.3) is 0 Å². The summed E-state index contributed by atoms with van der Waals surface area (Å²) in [5.41, 5.74) is 0.593. The second kappa shape index (κ2) is 6.18. The van der Waals surface area contributed by atoms with Crippen molar-refractivity contribution in [1.82, 2.24) is 0 Å². The highest BCUT2D eigenvalue weighted by atomic mass is 16.5. The van der Waals surface area contributed by atoms with Crippen LogP contribution in [-0.4, -0.2) is 25.2 Å². The largest absolute Gasteiger partial charge is 0.463 e. The zero-order valence-electron chi connectivity index (χ0n) is 9.05. The van der Waals surface area contributed by atoms with Crippen molar-refractivity contribution in [2.75, 3.05) is 13.2 Å². The van der Waals surface area contributed by atoms with Gasteiger partial charge >= 0.3 is 11.9 Å². The van der Waals surface area contributed by atoms with Gasteiger partial charge in [0.05, 0.1) is 13.2 Å². The van der Waals surface area contributed by atoms with E-state index in [1.165, 1.54) is 0 Å². The summed E-state index contributed by atoms with van der Waals surface area (Å²) in [6.07, 6.45) is 0. The minimum atomic E-state index is -0.474. The Labute approximate surface area is 83.9 Å². The lowest BCUT2D eigenvalue weighted by atomic mass is 10.1. The lowest BCUT2D eigenvalue weighted by Crippen LogP contribution is -2.13. The number of carbonyl (C=O) groups is 2. The molecule has 0 amide bonds. The smallest absolute Gasteiger partial charge is 0.334 e. The van der Waals surface area contributed by atoms with Crippen LogP contribution >= 0.6 is 0 Å². The van der Waals surface area contributed by atoms with Gasteiger partial charge in [0.2, 0.25) is 0 Å². The van der Waals surface area contributed by atoms with Crippen molar-refractivity contribution < 1.29 is 19.1 Å². The van der Waals surface area contributed by atoms with Gasteiger partial charge in [-0.05, 0) is 27.7 Å². The second-order valence-corrected chi connectivity index (χ2v) is 2.69. The zero-order valence-corrected chi connectivity index (χ0v) is 9.05. The number of ether oxygens (including phenoxy) is 2. The molecule has 0 N–H and O–H groups in total. The molecule has 4 nitrogen and oxygen atoms in total. The first-order valence-electron chi connectivity index (χ1n) is 4.56. The summed E-state index contributed by atoms with van der Waals surface area (Å²) in [6, 6.07) is 0. The van der Waals surface area contributed by atoms with Crippen molar-refractivity contribution in [2.45, 2.75) is 27.7 Å². The van der Waals surface area contributed by atoms with Gasteiger partial charge in [-0.15, -0.1) is 0 Å². The van der Waals surface area contributed by atoms with Crippen LogP contribution in [0.15, 0.2) is 11.1 Å². The van der Waals surface area contributed by atoms with Gasteiger partial charge in [-0.25, -0.2) is 9.59 Å². The van der Waals surface area contributed by atoms with E-state index < -0.39 is 11.9 Å². The van der Waals surface area contributed by atoms with E-state index in [1.54, 1.807) is 27.7 Å². The molecule has 0 aromatic carbocycles. The molecule has 4 heteroatoms. The second-order valence-electron chi connectivity index (χ2n) is 2.69. The highest BCUT2D eigenvalue weighted by molar-refractivity contribution is 5.99. The maximum absolute atomic E-state index is 11.2. The molecule has 80 valence electrons. The van der Waals surface area contributed by atoms with Gasteiger partial charge in [-0.3, -0.25) is 0 Å². The monoisotopic (exact) mass is 200 g/mol. The van der Waals surface area contributed by atoms with Gasteiger partial charge in [0.15, 0.2) is 0 Å². The highest BCUT2D eigenvalue weighted by Gasteiger charge is 2.14. The minimum absolute atomic E-state index is 0.297. The molecule has 0 radical (unpaired) electrons. The average molecular weight is 200 g/mol. The number of rotatable bonds is 4. The molecule has 0 aromatic rings. The summed E-state index contributed by atoms with van der Waals surface area (Å²) in [5.74, 6) is -0.948. The Morgan fingerprint density at radius 3 is 1.36 bits per heavy atom. The Morgan fingerprint density at radius 1 is 0.857 bits per heavy atom.